The molecule has 1 rings (SSSR count). The van der Waals surface area contributed by atoms with Crippen LogP contribution in [0.2, 0.25) is 0 Å². The first-order chi connectivity index (χ1) is 4.13. The predicted octanol–water partition coefficient (Wildman–Crippen LogP) is -1.17. The molecular weight excluding hydrogens is 118 g/mol. The highest BCUT2D eigenvalue weighted by Crippen LogP contribution is 2.19. The second-order valence-corrected chi connectivity index (χ2v) is 2.54. The maximum Gasteiger partial charge on any atom is 0.0583 e. The van der Waals surface area contributed by atoms with E-state index in [0.717, 1.165) is 6.54 Å². The van der Waals surface area contributed by atoms with E-state index in [2.05, 4.69) is 0 Å². The molecule has 0 aromatic heterocycles. The lowest BCUT2D eigenvalue weighted by Gasteiger charge is -2.13. The molecule has 0 bridgehead atoms. The van der Waals surface area contributed by atoms with Crippen LogP contribution >= 0.6 is 0 Å². The fourth-order valence-electron chi connectivity index (χ4n) is 0.933. The molecule has 0 aromatic carbocycles. The third kappa shape index (κ3) is 1.21. The molecule has 1 aliphatic rings. The molecule has 0 amide bonds. The van der Waals surface area contributed by atoms with E-state index in [1.807, 2.05) is 11.8 Å². The monoisotopic (exact) mass is 128 g/mol. The molecular formula is C6H10NO2-. The van der Waals surface area contributed by atoms with Crippen LogP contribution in [-0.2, 0) is 4.79 Å². The smallest absolute Gasteiger partial charge is 0.0583 e. The van der Waals surface area contributed by atoms with Crippen LogP contribution in [0.25, 0.3) is 0 Å². The summed E-state index contributed by atoms with van der Waals surface area (Å²) in [7, 11) is 0. The van der Waals surface area contributed by atoms with Crippen LogP contribution in [0.5, 0.6) is 0 Å². The van der Waals surface area contributed by atoms with Crippen molar-refractivity contribution in [2.75, 3.05) is 6.54 Å². The van der Waals surface area contributed by atoms with Crippen molar-refractivity contribution in [1.82, 2.24) is 4.90 Å². The Morgan fingerprint density at radius 1 is 1.89 bits per heavy atom. The molecule has 3 heteroatoms. The molecule has 1 saturated heterocycles. The molecule has 3 unspecified atom stereocenters. The van der Waals surface area contributed by atoms with E-state index in [0.29, 0.717) is 6.04 Å². The number of carbonyl (C=O) groups is 1. The van der Waals surface area contributed by atoms with Crippen LogP contribution < -0.4 is 5.11 Å². The van der Waals surface area contributed by atoms with Gasteiger partial charge in [0, 0.05) is 18.6 Å². The van der Waals surface area contributed by atoms with Gasteiger partial charge in [-0.15, -0.1) is 0 Å². The second-order valence-electron chi connectivity index (χ2n) is 2.54. The first-order valence-electron chi connectivity index (χ1n) is 3.09. The van der Waals surface area contributed by atoms with Gasteiger partial charge in [0.05, 0.1) is 5.97 Å². The van der Waals surface area contributed by atoms with Gasteiger partial charge in [-0.1, -0.05) is 0 Å². The molecule has 3 atom stereocenters. The number of carbonyl (C=O) groups excluding carboxylic acids is 1. The van der Waals surface area contributed by atoms with Crippen molar-refractivity contribution in [3.63, 3.8) is 0 Å². The zero-order valence-electron chi connectivity index (χ0n) is 5.63. The van der Waals surface area contributed by atoms with Crippen LogP contribution in [-0.4, -0.2) is 29.5 Å². The van der Waals surface area contributed by atoms with E-state index in [1.165, 1.54) is 0 Å². The van der Waals surface area contributed by atoms with Gasteiger partial charge in [0.25, 0.3) is 0 Å². The molecule has 1 aliphatic heterocycles. The minimum atomic E-state index is -0.973. The molecule has 1 heterocycles. The number of rotatable bonds is 2. The minimum absolute atomic E-state index is 0.403. The Hall–Kier alpha value is -0.570. The van der Waals surface area contributed by atoms with Gasteiger partial charge in [-0.2, -0.15) is 0 Å². The van der Waals surface area contributed by atoms with Crippen molar-refractivity contribution in [2.24, 2.45) is 0 Å². The molecule has 3 nitrogen and oxygen atoms in total. The summed E-state index contributed by atoms with van der Waals surface area (Å²) in [5, 5.41) is 10.2. The first kappa shape index (κ1) is 6.55. The van der Waals surface area contributed by atoms with Gasteiger partial charge in [-0.05, 0) is 13.8 Å². The Labute approximate surface area is 54.3 Å². The van der Waals surface area contributed by atoms with Gasteiger partial charge in [-0.3, -0.25) is 4.90 Å². The largest absolute Gasteiger partial charge is 0.548 e. The molecule has 9 heavy (non-hydrogen) atoms. The van der Waals surface area contributed by atoms with Gasteiger partial charge in [-0.25, -0.2) is 0 Å². The van der Waals surface area contributed by atoms with Crippen LogP contribution in [0.3, 0.4) is 0 Å². The number of carboxylic acids is 1. The van der Waals surface area contributed by atoms with E-state index in [4.69, 9.17) is 0 Å². The summed E-state index contributed by atoms with van der Waals surface area (Å²) in [6, 6.07) is 0.0397. The van der Waals surface area contributed by atoms with Crippen LogP contribution in [0, 0.1) is 0 Å². The molecule has 52 valence electrons. The Morgan fingerprint density at radius 2 is 2.33 bits per heavy atom. The lowest BCUT2D eigenvalue weighted by Crippen LogP contribution is -2.38. The van der Waals surface area contributed by atoms with Crippen molar-refractivity contribution in [1.29, 1.82) is 0 Å². The average molecular weight is 128 g/mol. The number of nitrogens with zero attached hydrogens (tertiary/aromatic N) is 1. The summed E-state index contributed by atoms with van der Waals surface area (Å²) in [6.07, 6.45) is 0. The van der Waals surface area contributed by atoms with Gasteiger partial charge in [0.1, 0.15) is 0 Å². The second kappa shape index (κ2) is 1.99. The van der Waals surface area contributed by atoms with Gasteiger partial charge >= 0.3 is 0 Å². The third-order valence-corrected chi connectivity index (χ3v) is 1.75. The summed E-state index contributed by atoms with van der Waals surface area (Å²) in [5.74, 6) is -0.973. The highest BCUT2D eigenvalue weighted by atomic mass is 16.4. The molecule has 0 spiro atoms. The lowest BCUT2D eigenvalue weighted by molar-refractivity contribution is -0.309. The van der Waals surface area contributed by atoms with Gasteiger partial charge in [0.15, 0.2) is 0 Å². The molecule has 0 saturated carbocycles. The van der Waals surface area contributed by atoms with E-state index in [9.17, 15) is 9.90 Å². The quantitative estimate of drug-likeness (QED) is 0.440. The van der Waals surface area contributed by atoms with Gasteiger partial charge < -0.3 is 9.90 Å². The fraction of sp³-hybridized carbons (Fsp3) is 0.833. The lowest BCUT2D eigenvalue weighted by atomic mass is 10.3. The SMILES string of the molecule is CC1CN1C(C)C(=O)[O-]. The van der Waals surface area contributed by atoms with Crippen LogP contribution in [0.15, 0.2) is 0 Å². The van der Waals surface area contributed by atoms with Crippen LogP contribution in [0.1, 0.15) is 13.8 Å². The molecule has 0 N–H and O–H groups in total. The normalized spacial score (nSPS) is 35.8. The molecule has 0 radical (unpaired) electrons. The topological polar surface area (TPSA) is 43.1 Å². The van der Waals surface area contributed by atoms with Crippen molar-refractivity contribution in [3.8, 4) is 0 Å². The first-order valence-corrected chi connectivity index (χ1v) is 3.09. The molecule has 0 aliphatic carbocycles. The van der Waals surface area contributed by atoms with Crippen molar-refractivity contribution < 1.29 is 9.90 Å². The number of carboxylic acid groups (broad SMARTS) is 1. The van der Waals surface area contributed by atoms with E-state index in [-0.39, 0.29) is 0 Å². The van der Waals surface area contributed by atoms with E-state index in [1.54, 1.807) is 6.92 Å². The highest BCUT2D eigenvalue weighted by molar-refractivity contribution is 5.71. The number of hydrogen-bond donors (Lipinski definition) is 0. The summed E-state index contributed by atoms with van der Waals surface area (Å²) in [6.45, 7) is 4.55. The highest BCUT2D eigenvalue weighted by Gasteiger charge is 2.33. The van der Waals surface area contributed by atoms with Crippen LogP contribution in [0.4, 0.5) is 0 Å². The average Bonchev–Trinajstić information content (AvgIpc) is 2.44. The fourth-order valence-corrected chi connectivity index (χ4v) is 0.933. The van der Waals surface area contributed by atoms with Crippen molar-refractivity contribution in [3.05, 3.63) is 0 Å². The van der Waals surface area contributed by atoms with Gasteiger partial charge in [0.2, 0.25) is 0 Å². The standard InChI is InChI=1S/C6H11NO2/c1-4-3-7(4)5(2)6(8)9/h4-5H,3H2,1-2H3,(H,8,9)/p-1. The zero-order chi connectivity index (χ0) is 7.02. The van der Waals surface area contributed by atoms with E-state index >= 15 is 0 Å². The summed E-state index contributed by atoms with van der Waals surface area (Å²) < 4.78 is 0. The zero-order valence-corrected chi connectivity index (χ0v) is 5.63. The third-order valence-electron chi connectivity index (χ3n) is 1.75. The number of aliphatic carboxylic acids is 1. The predicted molar refractivity (Wildman–Crippen MR) is 30.6 cm³/mol. The number of hydrogen-bond acceptors (Lipinski definition) is 3. The van der Waals surface area contributed by atoms with Crippen molar-refractivity contribution >= 4 is 5.97 Å². The van der Waals surface area contributed by atoms with E-state index < -0.39 is 12.0 Å². The maximum atomic E-state index is 10.2. The maximum absolute atomic E-state index is 10.2. The molecule has 0 aromatic rings. The summed E-state index contributed by atoms with van der Waals surface area (Å²) >= 11 is 0. The Bertz CT molecular complexity index is 135. The summed E-state index contributed by atoms with van der Waals surface area (Å²) in [4.78, 5) is 12.0. The minimum Gasteiger partial charge on any atom is -0.548 e. The Kier molecular flexibility index (Phi) is 1.45. The molecule has 1 fully saturated rings. The van der Waals surface area contributed by atoms with Crippen molar-refractivity contribution in [2.45, 2.75) is 25.9 Å². The summed E-state index contributed by atoms with van der Waals surface area (Å²) in [5.41, 5.74) is 0. The Morgan fingerprint density at radius 3 is 2.44 bits per heavy atom. The Balaban J connectivity index is 2.36.